The van der Waals surface area contributed by atoms with Crippen LogP contribution in [-0.4, -0.2) is 29.3 Å². The number of benzene rings is 1. The number of nitrogens with one attached hydrogen (secondary N) is 1. The normalized spacial score (nSPS) is 23.7. The Kier molecular flexibility index (Phi) is 5.20. The molecule has 1 aliphatic rings. The molecule has 1 aromatic rings. The molecule has 21 heavy (non-hydrogen) atoms. The molecule has 5 nitrogen and oxygen atoms in total. The van der Waals surface area contributed by atoms with Gasteiger partial charge in [0.25, 0.3) is 0 Å². The highest BCUT2D eigenvalue weighted by Gasteiger charge is 2.30. The summed E-state index contributed by atoms with van der Waals surface area (Å²) in [5.74, 6) is 0.239. The van der Waals surface area contributed by atoms with E-state index in [-0.39, 0.29) is 17.5 Å². The van der Waals surface area contributed by atoms with Gasteiger partial charge in [0.15, 0.2) is 0 Å². The molecule has 1 fully saturated rings. The molecule has 2 atom stereocenters. The average Bonchev–Trinajstić information content (AvgIpc) is 2.46. The lowest BCUT2D eigenvalue weighted by atomic mass is 9.92. The van der Waals surface area contributed by atoms with E-state index in [0.29, 0.717) is 12.5 Å². The lowest BCUT2D eigenvalue weighted by Gasteiger charge is -2.37. The Hall–Kier alpha value is -1.59. The van der Waals surface area contributed by atoms with E-state index in [1.807, 2.05) is 18.2 Å². The van der Waals surface area contributed by atoms with Crippen molar-refractivity contribution < 1.29 is 9.94 Å². The lowest BCUT2D eigenvalue weighted by Crippen LogP contribution is -2.45. The predicted octanol–water partition coefficient (Wildman–Crippen LogP) is 2.41. The van der Waals surface area contributed by atoms with Crippen LogP contribution in [0.3, 0.4) is 0 Å². The minimum Gasteiger partial charge on any atom is -0.409 e. The molecule has 1 heterocycles. The summed E-state index contributed by atoms with van der Waals surface area (Å²) in [5, 5.41) is 15.6. The van der Waals surface area contributed by atoms with Crippen molar-refractivity contribution in [2.45, 2.75) is 50.8 Å². The highest BCUT2D eigenvalue weighted by atomic mass is 16.5. The van der Waals surface area contributed by atoms with Crippen molar-refractivity contribution in [3.63, 3.8) is 0 Å². The van der Waals surface area contributed by atoms with Crippen LogP contribution in [0.2, 0.25) is 0 Å². The van der Waals surface area contributed by atoms with E-state index in [0.717, 1.165) is 25.0 Å². The molecule has 0 aromatic heterocycles. The first-order chi connectivity index (χ1) is 10.00. The van der Waals surface area contributed by atoms with Crippen molar-refractivity contribution in [3.8, 4) is 0 Å². The van der Waals surface area contributed by atoms with Crippen molar-refractivity contribution in [3.05, 3.63) is 35.9 Å². The standard InChI is InChI=1S/C16H25N3O2/c1-16(2)11-13(8-9-21-16)18-14(10-15(17)19-20)12-6-4-3-5-7-12/h3-7,13-14,18,20H,8-11H2,1-2H3,(H2,17,19). The molecule has 0 amide bonds. The summed E-state index contributed by atoms with van der Waals surface area (Å²) >= 11 is 0. The molecular formula is C16H25N3O2. The molecule has 2 unspecified atom stereocenters. The first kappa shape index (κ1) is 15.8. The Morgan fingerprint density at radius 3 is 2.81 bits per heavy atom. The van der Waals surface area contributed by atoms with Gasteiger partial charge in [-0.05, 0) is 32.3 Å². The molecule has 0 saturated carbocycles. The van der Waals surface area contributed by atoms with Crippen LogP contribution in [0.1, 0.15) is 44.7 Å². The van der Waals surface area contributed by atoms with Gasteiger partial charge in [-0.25, -0.2) is 0 Å². The predicted molar refractivity (Wildman–Crippen MR) is 83.4 cm³/mol. The number of amidine groups is 1. The van der Waals surface area contributed by atoms with E-state index in [9.17, 15) is 0 Å². The first-order valence-electron chi connectivity index (χ1n) is 7.41. The zero-order valence-electron chi connectivity index (χ0n) is 12.7. The van der Waals surface area contributed by atoms with Gasteiger partial charge in [0, 0.05) is 25.1 Å². The lowest BCUT2D eigenvalue weighted by molar-refractivity contribution is -0.0641. The zero-order chi connectivity index (χ0) is 15.3. The fourth-order valence-electron chi connectivity index (χ4n) is 2.87. The second-order valence-corrected chi connectivity index (χ2v) is 6.22. The molecule has 0 bridgehead atoms. The minimum absolute atomic E-state index is 0.0426. The zero-order valence-corrected chi connectivity index (χ0v) is 12.7. The van der Waals surface area contributed by atoms with Gasteiger partial charge in [-0.1, -0.05) is 35.5 Å². The van der Waals surface area contributed by atoms with E-state index in [2.05, 4.69) is 36.5 Å². The quantitative estimate of drug-likeness (QED) is 0.337. The maximum Gasteiger partial charge on any atom is 0.141 e. The van der Waals surface area contributed by atoms with Gasteiger partial charge in [0.2, 0.25) is 0 Å². The summed E-state index contributed by atoms with van der Waals surface area (Å²) in [6, 6.07) is 10.5. The number of hydrogen-bond acceptors (Lipinski definition) is 4. The Labute approximate surface area is 126 Å². The number of hydrogen-bond donors (Lipinski definition) is 3. The molecule has 0 radical (unpaired) electrons. The van der Waals surface area contributed by atoms with E-state index in [1.54, 1.807) is 0 Å². The van der Waals surface area contributed by atoms with Gasteiger partial charge in [0.05, 0.1) is 5.60 Å². The fourth-order valence-corrected chi connectivity index (χ4v) is 2.87. The van der Waals surface area contributed by atoms with E-state index in [4.69, 9.17) is 15.7 Å². The first-order valence-corrected chi connectivity index (χ1v) is 7.41. The van der Waals surface area contributed by atoms with Crippen LogP contribution in [0.5, 0.6) is 0 Å². The minimum atomic E-state index is -0.103. The highest BCUT2D eigenvalue weighted by Crippen LogP contribution is 2.27. The SMILES string of the molecule is CC1(C)CC(NC(C/C(N)=N/O)c2ccccc2)CCO1. The Balaban J connectivity index is 2.09. The summed E-state index contributed by atoms with van der Waals surface area (Å²) in [6.07, 6.45) is 2.41. The highest BCUT2D eigenvalue weighted by molar-refractivity contribution is 5.80. The van der Waals surface area contributed by atoms with Crippen molar-refractivity contribution >= 4 is 5.84 Å². The van der Waals surface area contributed by atoms with Crippen LogP contribution in [0.15, 0.2) is 35.5 Å². The van der Waals surface area contributed by atoms with E-state index in [1.165, 1.54) is 0 Å². The van der Waals surface area contributed by atoms with Gasteiger partial charge >= 0.3 is 0 Å². The molecular weight excluding hydrogens is 266 g/mol. The summed E-state index contributed by atoms with van der Waals surface area (Å²) in [5.41, 5.74) is 6.75. The smallest absolute Gasteiger partial charge is 0.141 e. The maximum atomic E-state index is 8.83. The molecule has 0 aliphatic carbocycles. The van der Waals surface area contributed by atoms with Crippen molar-refractivity contribution in [1.29, 1.82) is 0 Å². The van der Waals surface area contributed by atoms with Gasteiger partial charge in [0.1, 0.15) is 5.84 Å². The molecule has 1 aromatic carbocycles. The van der Waals surface area contributed by atoms with Crippen LogP contribution in [-0.2, 0) is 4.74 Å². The molecule has 4 N–H and O–H groups in total. The van der Waals surface area contributed by atoms with Gasteiger partial charge in [-0.15, -0.1) is 0 Å². The molecule has 5 heteroatoms. The maximum absolute atomic E-state index is 8.83. The third-order valence-electron chi connectivity index (χ3n) is 3.88. The topological polar surface area (TPSA) is 79.9 Å². The van der Waals surface area contributed by atoms with Crippen LogP contribution >= 0.6 is 0 Å². The number of nitrogens with two attached hydrogens (primary N) is 1. The van der Waals surface area contributed by atoms with Crippen molar-refractivity contribution in [1.82, 2.24) is 5.32 Å². The van der Waals surface area contributed by atoms with Crippen molar-refractivity contribution in [2.75, 3.05) is 6.61 Å². The molecule has 0 spiro atoms. The van der Waals surface area contributed by atoms with Crippen LogP contribution in [0.4, 0.5) is 0 Å². The van der Waals surface area contributed by atoms with Crippen LogP contribution in [0, 0.1) is 0 Å². The third-order valence-corrected chi connectivity index (χ3v) is 3.88. The number of oxime groups is 1. The Morgan fingerprint density at radius 2 is 2.19 bits per heavy atom. The van der Waals surface area contributed by atoms with E-state index >= 15 is 0 Å². The number of rotatable bonds is 5. The van der Waals surface area contributed by atoms with Gasteiger partial charge in [-0.2, -0.15) is 0 Å². The third kappa shape index (κ3) is 4.72. The number of ether oxygens (including phenoxy) is 1. The van der Waals surface area contributed by atoms with Crippen LogP contribution in [0.25, 0.3) is 0 Å². The summed E-state index contributed by atoms with van der Waals surface area (Å²) in [4.78, 5) is 0. The van der Waals surface area contributed by atoms with Gasteiger partial charge in [-0.3, -0.25) is 0 Å². The van der Waals surface area contributed by atoms with Crippen molar-refractivity contribution in [2.24, 2.45) is 10.9 Å². The number of nitrogens with zero attached hydrogens (tertiary/aromatic N) is 1. The van der Waals surface area contributed by atoms with Gasteiger partial charge < -0.3 is 21.0 Å². The summed E-state index contributed by atoms with van der Waals surface area (Å²) in [6.45, 7) is 4.99. The van der Waals surface area contributed by atoms with Crippen LogP contribution < -0.4 is 11.1 Å². The monoisotopic (exact) mass is 291 g/mol. The average molecular weight is 291 g/mol. The summed E-state index contributed by atoms with van der Waals surface area (Å²) < 4.78 is 5.76. The molecule has 116 valence electrons. The largest absolute Gasteiger partial charge is 0.409 e. The molecule has 1 aliphatic heterocycles. The summed E-state index contributed by atoms with van der Waals surface area (Å²) in [7, 11) is 0. The Bertz CT molecular complexity index is 474. The van der Waals surface area contributed by atoms with E-state index < -0.39 is 0 Å². The molecule has 1 saturated heterocycles. The Morgan fingerprint density at radius 1 is 1.48 bits per heavy atom. The molecule has 2 rings (SSSR count). The fraction of sp³-hybridized carbons (Fsp3) is 0.562. The second-order valence-electron chi connectivity index (χ2n) is 6.22. The second kappa shape index (κ2) is 6.91.